The molecule has 0 unspecified atom stereocenters. The first-order valence-electron chi connectivity index (χ1n) is 8.22. The molecule has 0 bridgehead atoms. The standard InChI is InChI=1S/C18H20N2O6S/c1-13(21)20(14-3-5-15(24-2)6-4-14)10-9-19-27(22,23)16-7-8-17-18(11-16)26-12-25-17/h3-8,11,19H,9-10,12H2,1-2H3. The van der Waals surface area contributed by atoms with E-state index in [2.05, 4.69) is 4.72 Å². The summed E-state index contributed by atoms with van der Waals surface area (Å²) >= 11 is 0. The van der Waals surface area contributed by atoms with Crippen LogP contribution in [-0.4, -0.2) is 41.3 Å². The normalized spacial score (nSPS) is 12.7. The predicted molar refractivity (Wildman–Crippen MR) is 98.8 cm³/mol. The van der Waals surface area contributed by atoms with E-state index in [0.717, 1.165) is 0 Å². The van der Waals surface area contributed by atoms with Crippen molar-refractivity contribution in [2.24, 2.45) is 0 Å². The molecule has 27 heavy (non-hydrogen) atoms. The van der Waals surface area contributed by atoms with Crippen molar-refractivity contribution in [3.8, 4) is 17.2 Å². The number of carbonyl (C=O) groups excluding carboxylic acids is 1. The van der Waals surface area contributed by atoms with Crippen molar-refractivity contribution in [1.82, 2.24) is 4.72 Å². The van der Waals surface area contributed by atoms with Gasteiger partial charge in [-0.1, -0.05) is 0 Å². The van der Waals surface area contributed by atoms with E-state index in [-0.39, 0.29) is 30.7 Å². The van der Waals surface area contributed by atoms with Crippen LogP contribution >= 0.6 is 0 Å². The quantitative estimate of drug-likeness (QED) is 0.772. The Labute approximate surface area is 157 Å². The smallest absolute Gasteiger partial charge is 0.240 e. The van der Waals surface area contributed by atoms with Crippen LogP contribution in [0.15, 0.2) is 47.4 Å². The van der Waals surface area contributed by atoms with E-state index in [1.165, 1.54) is 24.0 Å². The van der Waals surface area contributed by atoms with E-state index in [9.17, 15) is 13.2 Å². The van der Waals surface area contributed by atoms with Crippen LogP contribution in [0.4, 0.5) is 5.69 Å². The number of amides is 1. The van der Waals surface area contributed by atoms with Crippen molar-refractivity contribution in [2.75, 3.05) is 31.9 Å². The second-order valence-corrected chi connectivity index (χ2v) is 7.55. The Kier molecular flexibility index (Phi) is 5.52. The molecule has 2 aromatic rings. The topological polar surface area (TPSA) is 94.2 Å². The van der Waals surface area contributed by atoms with Gasteiger partial charge in [-0.05, 0) is 36.4 Å². The van der Waals surface area contributed by atoms with Crippen LogP contribution in [0.5, 0.6) is 17.2 Å². The highest BCUT2D eigenvalue weighted by atomic mass is 32.2. The Hall–Kier alpha value is -2.78. The summed E-state index contributed by atoms with van der Waals surface area (Å²) in [5.41, 5.74) is 0.658. The zero-order valence-electron chi connectivity index (χ0n) is 15.0. The minimum Gasteiger partial charge on any atom is -0.497 e. The Morgan fingerprint density at radius 1 is 1.15 bits per heavy atom. The highest BCUT2D eigenvalue weighted by Crippen LogP contribution is 2.33. The average Bonchev–Trinajstić information content (AvgIpc) is 3.13. The van der Waals surface area contributed by atoms with Gasteiger partial charge in [0.25, 0.3) is 0 Å². The lowest BCUT2D eigenvalue weighted by atomic mass is 10.2. The molecule has 1 N–H and O–H groups in total. The van der Waals surface area contributed by atoms with Gasteiger partial charge in [-0.25, -0.2) is 13.1 Å². The Morgan fingerprint density at radius 3 is 2.52 bits per heavy atom. The minimum atomic E-state index is -3.74. The molecule has 144 valence electrons. The number of methoxy groups -OCH3 is 1. The summed E-state index contributed by atoms with van der Waals surface area (Å²) < 4.78 is 42.9. The molecule has 3 rings (SSSR count). The van der Waals surface area contributed by atoms with Crippen LogP contribution in [0.25, 0.3) is 0 Å². The van der Waals surface area contributed by atoms with Gasteiger partial charge < -0.3 is 19.1 Å². The highest BCUT2D eigenvalue weighted by Gasteiger charge is 2.20. The molecule has 1 aliphatic rings. The molecule has 0 radical (unpaired) electrons. The van der Waals surface area contributed by atoms with Gasteiger partial charge in [-0.3, -0.25) is 4.79 Å². The number of fused-ring (bicyclic) bond motifs is 1. The Morgan fingerprint density at radius 2 is 1.85 bits per heavy atom. The van der Waals surface area contributed by atoms with Crippen molar-refractivity contribution >= 4 is 21.6 Å². The first kappa shape index (κ1) is 19.0. The van der Waals surface area contributed by atoms with Crippen molar-refractivity contribution in [2.45, 2.75) is 11.8 Å². The molecule has 1 amide bonds. The number of sulfonamides is 1. The second-order valence-electron chi connectivity index (χ2n) is 5.78. The van der Waals surface area contributed by atoms with Gasteiger partial charge in [0.1, 0.15) is 5.75 Å². The molecule has 1 heterocycles. The number of hydrogen-bond acceptors (Lipinski definition) is 6. The Balaban J connectivity index is 1.66. The SMILES string of the molecule is COc1ccc(N(CCNS(=O)(=O)c2ccc3c(c2)OCO3)C(C)=O)cc1. The number of rotatable bonds is 7. The molecule has 2 aromatic carbocycles. The predicted octanol–water partition coefficient (Wildman–Crippen LogP) is 1.76. The lowest BCUT2D eigenvalue weighted by molar-refractivity contribution is -0.116. The van der Waals surface area contributed by atoms with Crippen LogP contribution in [-0.2, 0) is 14.8 Å². The van der Waals surface area contributed by atoms with E-state index in [4.69, 9.17) is 14.2 Å². The third kappa shape index (κ3) is 4.32. The summed E-state index contributed by atoms with van der Waals surface area (Å²) in [6.45, 7) is 1.74. The number of nitrogens with zero attached hydrogens (tertiary/aromatic N) is 1. The maximum atomic E-state index is 12.5. The van der Waals surface area contributed by atoms with Gasteiger partial charge in [0.05, 0.1) is 12.0 Å². The first-order chi connectivity index (χ1) is 12.9. The van der Waals surface area contributed by atoms with Crippen molar-refractivity contribution < 1.29 is 27.4 Å². The van der Waals surface area contributed by atoms with Gasteiger partial charge >= 0.3 is 0 Å². The van der Waals surface area contributed by atoms with Crippen LogP contribution < -0.4 is 23.8 Å². The summed E-state index contributed by atoms with van der Waals surface area (Å²) in [5.74, 6) is 1.38. The van der Waals surface area contributed by atoms with Crippen molar-refractivity contribution in [3.05, 3.63) is 42.5 Å². The largest absolute Gasteiger partial charge is 0.497 e. The number of hydrogen-bond donors (Lipinski definition) is 1. The summed E-state index contributed by atoms with van der Waals surface area (Å²) in [6, 6.07) is 11.4. The summed E-state index contributed by atoms with van der Waals surface area (Å²) in [6.07, 6.45) is 0. The van der Waals surface area contributed by atoms with E-state index in [1.807, 2.05) is 0 Å². The fraction of sp³-hybridized carbons (Fsp3) is 0.278. The van der Waals surface area contributed by atoms with E-state index in [1.54, 1.807) is 37.4 Å². The maximum Gasteiger partial charge on any atom is 0.240 e. The Bertz CT molecular complexity index is 927. The zero-order chi connectivity index (χ0) is 19.4. The molecule has 9 heteroatoms. The first-order valence-corrected chi connectivity index (χ1v) is 9.70. The van der Waals surface area contributed by atoms with Gasteiger partial charge in [-0.15, -0.1) is 0 Å². The monoisotopic (exact) mass is 392 g/mol. The highest BCUT2D eigenvalue weighted by molar-refractivity contribution is 7.89. The van der Waals surface area contributed by atoms with E-state index in [0.29, 0.717) is 22.9 Å². The molecular formula is C18H20N2O6S. The summed E-state index contributed by atoms with van der Waals surface area (Å²) in [7, 11) is -2.18. The third-order valence-electron chi connectivity index (χ3n) is 4.05. The van der Waals surface area contributed by atoms with E-state index < -0.39 is 10.0 Å². The molecule has 0 aliphatic carbocycles. The fourth-order valence-corrected chi connectivity index (χ4v) is 3.69. The maximum absolute atomic E-state index is 12.5. The molecule has 0 saturated heterocycles. The van der Waals surface area contributed by atoms with Crippen LogP contribution in [0.3, 0.4) is 0 Å². The lowest BCUT2D eigenvalue weighted by Crippen LogP contribution is -2.37. The molecule has 0 fully saturated rings. The van der Waals surface area contributed by atoms with Gasteiger partial charge in [-0.2, -0.15) is 0 Å². The summed E-state index contributed by atoms with van der Waals surface area (Å²) in [5, 5.41) is 0. The average molecular weight is 392 g/mol. The van der Waals surface area contributed by atoms with Crippen LogP contribution in [0.2, 0.25) is 0 Å². The molecule has 0 atom stereocenters. The van der Waals surface area contributed by atoms with Crippen LogP contribution in [0.1, 0.15) is 6.92 Å². The van der Waals surface area contributed by atoms with Gasteiger partial charge in [0.2, 0.25) is 22.7 Å². The number of carbonyl (C=O) groups is 1. The van der Waals surface area contributed by atoms with Crippen LogP contribution in [0, 0.1) is 0 Å². The van der Waals surface area contributed by atoms with Crippen molar-refractivity contribution in [1.29, 1.82) is 0 Å². The molecule has 0 spiro atoms. The lowest BCUT2D eigenvalue weighted by Gasteiger charge is -2.21. The third-order valence-corrected chi connectivity index (χ3v) is 5.50. The fourth-order valence-electron chi connectivity index (χ4n) is 2.65. The van der Waals surface area contributed by atoms with E-state index >= 15 is 0 Å². The number of anilines is 1. The second kappa shape index (κ2) is 7.85. The minimum absolute atomic E-state index is 0.0579. The van der Waals surface area contributed by atoms with Gasteiger partial charge in [0.15, 0.2) is 11.5 Å². The molecule has 8 nitrogen and oxygen atoms in total. The number of benzene rings is 2. The number of ether oxygens (including phenoxy) is 3. The molecular weight excluding hydrogens is 372 g/mol. The molecule has 1 aliphatic heterocycles. The molecule has 0 aromatic heterocycles. The zero-order valence-corrected chi connectivity index (χ0v) is 15.8. The van der Waals surface area contributed by atoms with Crippen molar-refractivity contribution in [3.63, 3.8) is 0 Å². The van der Waals surface area contributed by atoms with Gasteiger partial charge in [0, 0.05) is 31.8 Å². The summed E-state index contributed by atoms with van der Waals surface area (Å²) in [4.78, 5) is 13.5. The number of nitrogens with one attached hydrogen (secondary N) is 1. The molecule has 0 saturated carbocycles.